The molecule has 0 N–H and O–H groups in total. The SMILES string of the molecule is COc1ccc2c3c1O[C@H]1[C@@]4(OC)CCC2[C@@H]2[C@@H](C[C@@H]4CSc4nc(C)ns4)[C@@]31CCN2C. The minimum Gasteiger partial charge on any atom is -0.493 e. The molecule has 1 saturated heterocycles. The van der Waals surface area contributed by atoms with Gasteiger partial charge in [0, 0.05) is 41.7 Å². The summed E-state index contributed by atoms with van der Waals surface area (Å²) in [5.74, 6) is 5.28. The number of likely N-dealkylation sites (N-methyl/N-ethyl adjacent to an activating group) is 1. The van der Waals surface area contributed by atoms with Crippen molar-refractivity contribution in [3.63, 3.8) is 0 Å². The number of piperidine rings is 1. The van der Waals surface area contributed by atoms with Crippen LogP contribution in [0.4, 0.5) is 0 Å². The lowest BCUT2D eigenvalue weighted by molar-refractivity contribution is -0.215. The Bertz CT molecular complexity index is 1120. The van der Waals surface area contributed by atoms with E-state index in [4.69, 9.17) is 14.2 Å². The Balaban J connectivity index is 1.39. The zero-order chi connectivity index (χ0) is 22.5. The minimum atomic E-state index is -0.288. The summed E-state index contributed by atoms with van der Waals surface area (Å²) < 4.78 is 25.0. The molecule has 6 aliphatic rings. The number of aromatic nitrogens is 2. The summed E-state index contributed by atoms with van der Waals surface area (Å²) in [7, 11) is 6.04. The Morgan fingerprint density at radius 3 is 2.94 bits per heavy atom. The van der Waals surface area contributed by atoms with Crippen molar-refractivity contribution in [1.82, 2.24) is 14.3 Å². The van der Waals surface area contributed by atoms with Gasteiger partial charge in [0.05, 0.1) is 7.11 Å². The number of likely N-dealkylation sites (tertiary alicyclic amines) is 1. The molecule has 8 heteroatoms. The van der Waals surface area contributed by atoms with E-state index in [1.54, 1.807) is 7.11 Å². The second-order valence-electron chi connectivity index (χ2n) is 10.6. The fourth-order valence-electron chi connectivity index (χ4n) is 8.46. The fourth-order valence-corrected chi connectivity index (χ4v) is 10.4. The molecule has 7 bridgehead atoms. The zero-order valence-corrected chi connectivity index (χ0v) is 21.3. The Kier molecular flexibility index (Phi) is 4.51. The maximum atomic E-state index is 7.04. The Morgan fingerprint density at radius 2 is 2.18 bits per heavy atom. The third-order valence-corrected chi connectivity index (χ3v) is 11.7. The molecule has 1 aromatic heterocycles. The average Bonchev–Trinajstić information content (AvgIpc) is 3.39. The first-order valence-corrected chi connectivity index (χ1v) is 13.9. The molecule has 0 amide bonds. The molecule has 0 radical (unpaired) electrons. The third kappa shape index (κ3) is 2.48. The van der Waals surface area contributed by atoms with Crippen LogP contribution in [0.3, 0.4) is 0 Å². The highest BCUT2D eigenvalue weighted by atomic mass is 32.2. The summed E-state index contributed by atoms with van der Waals surface area (Å²) in [6.07, 6.45) is 4.54. The molecule has 3 fully saturated rings. The summed E-state index contributed by atoms with van der Waals surface area (Å²) in [5, 5.41) is 0. The van der Waals surface area contributed by atoms with E-state index in [0.717, 1.165) is 53.2 Å². The van der Waals surface area contributed by atoms with Crippen molar-refractivity contribution in [2.24, 2.45) is 11.8 Å². The normalized spacial score (nSPS) is 39.9. The predicted octanol–water partition coefficient (Wildman–Crippen LogP) is 4.26. The molecule has 2 aliphatic heterocycles. The number of ether oxygens (including phenoxy) is 3. The van der Waals surface area contributed by atoms with Crippen LogP contribution in [0, 0.1) is 18.8 Å². The highest BCUT2D eigenvalue weighted by molar-refractivity contribution is 8.00. The molecule has 6 nitrogen and oxygen atoms in total. The molecule has 2 saturated carbocycles. The molecule has 4 aliphatic carbocycles. The van der Waals surface area contributed by atoms with Crippen LogP contribution in [-0.4, -0.2) is 65.6 Å². The van der Waals surface area contributed by atoms with E-state index < -0.39 is 0 Å². The molecule has 3 heterocycles. The highest BCUT2D eigenvalue weighted by Gasteiger charge is 2.74. The van der Waals surface area contributed by atoms with Gasteiger partial charge in [-0.25, -0.2) is 4.98 Å². The second-order valence-corrected chi connectivity index (χ2v) is 12.6. The number of benzene rings is 1. The number of aryl methyl sites for hydroxylation is 1. The smallest absolute Gasteiger partial charge is 0.170 e. The van der Waals surface area contributed by atoms with Gasteiger partial charge in [-0.2, -0.15) is 4.37 Å². The van der Waals surface area contributed by atoms with Gasteiger partial charge in [0.15, 0.2) is 15.8 Å². The lowest BCUT2D eigenvalue weighted by atomic mass is 9.43. The third-order valence-electron chi connectivity index (χ3n) is 9.63. The van der Waals surface area contributed by atoms with Crippen molar-refractivity contribution in [2.45, 2.75) is 66.0 Å². The Hall–Kier alpha value is -1.35. The van der Waals surface area contributed by atoms with E-state index in [9.17, 15) is 0 Å². The van der Waals surface area contributed by atoms with Gasteiger partial charge in [-0.1, -0.05) is 17.8 Å². The average molecular weight is 486 g/mol. The molecule has 1 aromatic carbocycles. The van der Waals surface area contributed by atoms with Crippen LogP contribution < -0.4 is 9.47 Å². The van der Waals surface area contributed by atoms with Gasteiger partial charge in [0.25, 0.3) is 0 Å². The molecule has 8 rings (SSSR count). The number of methoxy groups -OCH3 is 2. The van der Waals surface area contributed by atoms with Crippen LogP contribution in [0.2, 0.25) is 0 Å². The molecular formula is C25H31N3O3S2. The first-order valence-electron chi connectivity index (χ1n) is 12.1. The summed E-state index contributed by atoms with van der Waals surface area (Å²) >= 11 is 3.36. The molecule has 7 atom stereocenters. The Morgan fingerprint density at radius 1 is 1.30 bits per heavy atom. The first-order chi connectivity index (χ1) is 16.0. The quantitative estimate of drug-likeness (QED) is 0.587. The van der Waals surface area contributed by atoms with Crippen molar-refractivity contribution < 1.29 is 14.2 Å². The summed E-state index contributed by atoms with van der Waals surface area (Å²) in [4.78, 5) is 7.28. The van der Waals surface area contributed by atoms with Crippen LogP contribution in [0.25, 0.3) is 0 Å². The lowest BCUT2D eigenvalue weighted by Gasteiger charge is -2.67. The number of rotatable bonds is 5. The monoisotopic (exact) mass is 485 g/mol. The van der Waals surface area contributed by atoms with Crippen molar-refractivity contribution in [3.05, 3.63) is 29.1 Å². The predicted molar refractivity (Wildman–Crippen MR) is 129 cm³/mol. The number of hydrogen-bond acceptors (Lipinski definition) is 8. The van der Waals surface area contributed by atoms with Gasteiger partial charge in [-0.3, -0.25) is 0 Å². The largest absolute Gasteiger partial charge is 0.493 e. The van der Waals surface area contributed by atoms with E-state index >= 15 is 0 Å². The molecule has 1 unspecified atom stereocenters. The van der Waals surface area contributed by atoms with Crippen LogP contribution in [-0.2, 0) is 10.2 Å². The zero-order valence-electron chi connectivity index (χ0n) is 19.7. The molecule has 1 spiro atoms. The van der Waals surface area contributed by atoms with Crippen molar-refractivity contribution in [2.75, 3.05) is 33.6 Å². The maximum Gasteiger partial charge on any atom is 0.170 e. The molecule has 33 heavy (non-hydrogen) atoms. The van der Waals surface area contributed by atoms with Crippen LogP contribution in [0.5, 0.6) is 11.5 Å². The summed E-state index contributed by atoms with van der Waals surface area (Å²) in [5.41, 5.74) is 2.73. The minimum absolute atomic E-state index is 0.0316. The van der Waals surface area contributed by atoms with E-state index in [1.807, 2.05) is 25.8 Å². The first kappa shape index (κ1) is 21.0. The van der Waals surface area contributed by atoms with E-state index in [-0.39, 0.29) is 17.1 Å². The Labute approximate surface area is 203 Å². The van der Waals surface area contributed by atoms with Crippen LogP contribution in [0.1, 0.15) is 48.6 Å². The summed E-state index contributed by atoms with van der Waals surface area (Å²) in [6.45, 7) is 3.09. The lowest BCUT2D eigenvalue weighted by Crippen LogP contribution is -2.75. The van der Waals surface area contributed by atoms with Crippen LogP contribution >= 0.6 is 23.3 Å². The van der Waals surface area contributed by atoms with E-state index in [1.165, 1.54) is 29.1 Å². The van der Waals surface area contributed by atoms with Crippen LogP contribution in [0.15, 0.2) is 16.5 Å². The highest BCUT2D eigenvalue weighted by Crippen LogP contribution is 2.71. The molecule has 2 aromatic rings. The number of hydrogen-bond donors (Lipinski definition) is 0. The van der Waals surface area contributed by atoms with Gasteiger partial charge in [-0.05, 0) is 75.3 Å². The maximum absolute atomic E-state index is 7.04. The van der Waals surface area contributed by atoms with E-state index in [0.29, 0.717) is 23.8 Å². The second kappa shape index (κ2) is 7.09. The van der Waals surface area contributed by atoms with Gasteiger partial charge in [0.2, 0.25) is 0 Å². The topological polar surface area (TPSA) is 56.7 Å². The van der Waals surface area contributed by atoms with Gasteiger partial charge < -0.3 is 19.1 Å². The van der Waals surface area contributed by atoms with Crippen molar-refractivity contribution in [3.8, 4) is 11.5 Å². The van der Waals surface area contributed by atoms with Gasteiger partial charge >= 0.3 is 0 Å². The number of fused-ring (bicyclic) bond motifs is 1. The molecule has 176 valence electrons. The summed E-state index contributed by atoms with van der Waals surface area (Å²) in [6, 6.07) is 5.05. The van der Waals surface area contributed by atoms with E-state index in [2.05, 4.69) is 33.4 Å². The van der Waals surface area contributed by atoms with Crippen molar-refractivity contribution in [1.29, 1.82) is 0 Å². The number of thioether (sulfide) groups is 1. The fraction of sp³-hybridized carbons (Fsp3) is 0.680. The van der Waals surface area contributed by atoms with Gasteiger partial charge in [0.1, 0.15) is 17.5 Å². The molecular weight excluding hydrogens is 454 g/mol. The number of nitrogens with zero attached hydrogens (tertiary/aromatic N) is 3. The standard InChI is InChI=1S/C25H31N3O3S2/c1-13-26-23(33-27-13)32-12-14-11-17-20-16-7-8-25(14,30-4)22-24(17,9-10-28(20)2)19-15(16)5-6-18(29-3)21(19)31-22/h5-6,14,16-17,20,22H,7-12H2,1-4H3/t14-,16?,17-,20-,22-,24+,25-/m1/s1. The van der Waals surface area contributed by atoms with Crippen molar-refractivity contribution >= 4 is 23.3 Å². The van der Waals surface area contributed by atoms with Gasteiger partial charge in [-0.15, -0.1) is 0 Å².